The number of aromatic nitrogens is 1. The first-order chi connectivity index (χ1) is 8.67. The maximum absolute atomic E-state index is 12.9. The van der Waals surface area contributed by atoms with Gasteiger partial charge in [-0.15, -0.1) is 0 Å². The van der Waals surface area contributed by atoms with E-state index in [0.29, 0.717) is 0 Å². The van der Waals surface area contributed by atoms with E-state index in [2.05, 4.69) is 24.1 Å². The van der Waals surface area contributed by atoms with Crippen molar-refractivity contribution in [2.24, 2.45) is 0 Å². The minimum absolute atomic E-state index is 0.146. The van der Waals surface area contributed by atoms with E-state index in [4.69, 9.17) is 0 Å². The number of halogens is 1. The molecule has 0 aliphatic carbocycles. The summed E-state index contributed by atoms with van der Waals surface area (Å²) in [5, 5.41) is 2.93. The van der Waals surface area contributed by atoms with Crippen LogP contribution in [0.1, 0.15) is 56.4 Å². The number of unbranched alkanes of at least 4 members (excludes halogenated alkanes) is 1. The van der Waals surface area contributed by atoms with Gasteiger partial charge >= 0.3 is 0 Å². The van der Waals surface area contributed by atoms with Crippen LogP contribution in [0.5, 0.6) is 0 Å². The van der Waals surface area contributed by atoms with Crippen molar-refractivity contribution in [3.63, 3.8) is 0 Å². The fourth-order valence-electron chi connectivity index (χ4n) is 1.88. The molecule has 100 valence electrons. The number of hydrogen-bond donors (Lipinski definition) is 1. The number of carbonyl (C=O) groups excluding carboxylic acids is 1. The van der Waals surface area contributed by atoms with Crippen LogP contribution in [0.4, 0.5) is 4.39 Å². The molecule has 1 rings (SSSR count). The van der Waals surface area contributed by atoms with Crippen LogP contribution in [0.3, 0.4) is 0 Å². The zero-order valence-electron chi connectivity index (χ0n) is 11.1. The molecule has 0 aromatic carbocycles. The van der Waals surface area contributed by atoms with Gasteiger partial charge in [-0.25, -0.2) is 4.98 Å². The molecule has 1 amide bonds. The summed E-state index contributed by atoms with van der Waals surface area (Å²) in [7, 11) is 0. The van der Waals surface area contributed by atoms with E-state index in [1.54, 1.807) is 0 Å². The number of rotatable bonds is 7. The Morgan fingerprint density at radius 1 is 1.33 bits per heavy atom. The molecule has 0 fully saturated rings. The molecule has 0 bridgehead atoms. The van der Waals surface area contributed by atoms with E-state index >= 15 is 0 Å². The molecule has 0 radical (unpaired) electrons. The van der Waals surface area contributed by atoms with Gasteiger partial charge in [-0.2, -0.15) is 4.39 Å². The molecule has 1 aromatic heterocycles. The first kappa shape index (κ1) is 14.6. The highest BCUT2D eigenvalue weighted by molar-refractivity contribution is 5.92. The zero-order chi connectivity index (χ0) is 13.4. The van der Waals surface area contributed by atoms with E-state index in [9.17, 15) is 9.18 Å². The fraction of sp³-hybridized carbons (Fsp3) is 0.571. The first-order valence-corrected chi connectivity index (χ1v) is 6.60. The molecule has 1 atom stereocenters. The van der Waals surface area contributed by atoms with Gasteiger partial charge in [0.1, 0.15) is 5.69 Å². The van der Waals surface area contributed by atoms with E-state index in [0.717, 1.165) is 32.1 Å². The lowest BCUT2D eigenvalue weighted by atomic mass is 10.1. The fourth-order valence-corrected chi connectivity index (χ4v) is 1.88. The average molecular weight is 252 g/mol. The lowest BCUT2D eigenvalue weighted by Crippen LogP contribution is -2.35. The minimum atomic E-state index is -0.622. The van der Waals surface area contributed by atoms with Crippen molar-refractivity contribution >= 4 is 5.91 Å². The Kier molecular flexibility index (Phi) is 6.33. The van der Waals surface area contributed by atoms with Crippen molar-refractivity contribution in [3.8, 4) is 0 Å². The number of nitrogens with one attached hydrogen (secondary N) is 1. The van der Waals surface area contributed by atoms with Crippen LogP contribution in [-0.2, 0) is 0 Å². The number of hydrogen-bond acceptors (Lipinski definition) is 2. The average Bonchev–Trinajstić information content (AvgIpc) is 2.36. The number of pyridine rings is 1. The number of nitrogens with zero attached hydrogens (tertiary/aromatic N) is 1. The van der Waals surface area contributed by atoms with Crippen LogP contribution in [-0.4, -0.2) is 16.9 Å². The molecule has 18 heavy (non-hydrogen) atoms. The van der Waals surface area contributed by atoms with E-state index in [1.807, 2.05) is 0 Å². The van der Waals surface area contributed by atoms with Gasteiger partial charge in [-0.3, -0.25) is 4.79 Å². The molecule has 3 nitrogen and oxygen atoms in total. The molecule has 1 aromatic rings. The highest BCUT2D eigenvalue weighted by Gasteiger charge is 2.14. The molecule has 0 aliphatic rings. The van der Waals surface area contributed by atoms with Crippen molar-refractivity contribution in [3.05, 3.63) is 29.8 Å². The van der Waals surface area contributed by atoms with Crippen LogP contribution in [0.25, 0.3) is 0 Å². The van der Waals surface area contributed by atoms with Crippen molar-refractivity contribution < 1.29 is 9.18 Å². The second-order valence-corrected chi connectivity index (χ2v) is 4.45. The van der Waals surface area contributed by atoms with Crippen molar-refractivity contribution in [1.29, 1.82) is 0 Å². The topological polar surface area (TPSA) is 42.0 Å². The Morgan fingerprint density at radius 2 is 2.11 bits per heavy atom. The molecule has 1 N–H and O–H groups in total. The van der Waals surface area contributed by atoms with Gasteiger partial charge in [0.2, 0.25) is 5.95 Å². The summed E-state index contributed by atoms with van der Waals surface area (Å²) in [5.74, 6) is -0.910. The van der Waals surface area contributed by atoms with Gasteiger partial charge in [0.15, 0.2) is 0 Å². The minimum Gasteiger partial charge on any atom is -0.348 e. The Hall–Kier alpha value is -1.45. The summed E-state index contributed by atoms with van der Waals surface area (Å²) in [6, 6.07) is 4.42. The normalized spacial score (nSPS) is 12.2. The Morgan fingerprint density at radius 3 is 2.72 bits per heavy atom. The van der Waals surface area contributed by atoms with Crippen LogP contribution in [0, 0.1) is 5.95 Å². The lowest BCUT2D eigenvalue weighted by molar-refractivity contribution is 0.0926. The molecular weight excluding hydrogens is 231 g/mol. The van der Waals surface area contributed by atoms with Crippen molar-refractivity contribution in [1.82, 2.24) is 10.3 Å². The Bertz CT molecular complexity index is 382. The quantitative estimate of drug-likeness (QED) is 0.756. The molecular formula is C14H21FN2O. The van der Waals surface area contributed by atoms with Crippen LogP contribution >= 0.6 is 0 Å². The van der Waals surface area contributed by atoms with Crippen molar-refractivity contribution in [2.45, 2.75) is 52.0 Å². The lowest BCUT2D eigenvalue weighted by Gasteiger charge is -2.17. The second kappa shape index (κ2) is 7.80. The second-order valence-electron chi connectivity index (χ2n) is 4.45. The zero-order valence-corrected chi connectivity index (χ0v) is 11.1. The Labute approximate surface area is 108 Å². The summed E-state index contributed by atoms with van der Waals surface area (Å²) in [4.78, 5) is 15.5. The third kappa shape index (κ3) is 4.82. The number of amides is 1. The molecule has 1 unspecified atom stereocenters. The summed E-state index contributed by atoms with van der Waals surface area (Å²) >= 11 is 0. The SMILES string of the molecule is CCCCC(CCC)NC(=O)c1cccc(F)n1. The highest BCUT2D eigenvalue weighted by atomic mass is 19.1. The molecule has 0 spiro atoms. The van der Waals surface area contributed by atoms with E-state index < -0.39 is 5.95 Å². The summed E-state index contributed by atoms with van der Waals surface area (Å²) < 4.78 is 12.9. The Balaban J connectivity index is 2.59. The summed E-state index contributed by atoms with van der Waals surface area (Å²) in [6.45, 7) is 4.21. The first-order valence-electron chi connectivity index (χ1n) is 6.60. The monoisotopic (exact) mass is 252 g/mol. The third-order valence-corrected chi connectivity index (χ3v) is 2.83. The van der Waals surface area contributed by atoms with Crippen LogP contribution in [0.2, 0.25) is 0 Å². The van der Waals surface area contributed by atoms with Crippen LogP contribution in [0.15, 0.2) is 18.2 Å². The third-order valence-electron chi connectivity index (χ3n) is 2.83. The molecule has 0 saturated heterocycles. The predicted octanol–water partition coefficient (Wildman–Crippen LogP) is 3.31. The van der Waals surface area contributed by atoms with Gasteiger partial charge in [0, 0.05) is 6.04 Å². The molecule has 1 heterocycles. The van der Waals surface area contributed by atoms with Crippen molar-refractivity contribution in [2.75, 3.05) is 0 Å². The maximum atomic E-state index is 12.9. The van der Waals surface area contributed by atoms with Crippen LogP contribution < -0.4 is 5.32 Å². The standard InChI is InChI=1S/C14H21FN2O/c1-3-5-8-11(7-4-2)16-14(18)12-9-6-10-13(15)17-12/h6,9-11H,3-5,7-8H2,1-2H3,(H,16,18). The van der Waals surface area contributed by atoms with Gasteiger partial charge in [0.05, 0.1) is 0 Å². The maximum Gasteiger partial charge on any atom is 0.270 e. The van der Waals surface area contributed by atoms with Gasteiger partial charge in [0.25, 0.3) is 5.91 Å². The molecule has 0 aliphatic heterocycles. The molecule has 0 saturated carbocycles. The van der Waals surface area contributed by atoms with Gasteiger partial charge < -0.3 is 5.32 Å². The predicted molar refractivity (Wildman–Crippen MR) is 69.9 cm³/mol. The smallest absolute Gasteiger partial charge is 0.270 e. The van der Waals surface area contributed by atoms with E-state index in [1.165, 1.54) is 18.2 Å². The largest absolute Gasteiger partial charge is 0.348 e. The number of carbonyl (C=O) groups is 1. The van der Waals surface area contributed by atoms with Gasteiger partial charge in [-0.05, 0) is 25.0 Å². The highest BCUT2D eigenvalue weighted by Crippen LogP contribution is 2.08. The van der Waals surface area contributed by atoms with E-state index in [-0.39, 0.29) is 17.6 Å². The summed E-state index contributed by atoms with van der Waals surface area (Å²) in [6.07, 6.45) is 5.12. The molecule has 4 heteroatoms. The summed E-state index contributed by atoms with van der Waals surface area (Å²) in [5.41, 5.74) is 0.146. The van der Waals surface area contributed by atoms with Gasteiger partial charge in [-0.1, -0.05) is 39.2 Å².